The number of H-pyrrole nitrogens is 1. The summed E-state index contributed by atoms with van der Waals surface area (Å²) in [5, 5.41) is 5.05. The lowest BCUT2D eigenvalue weighted by Crippen LogP contribution is -2.46. The number of nitrogens with zero attached hydrogens (tertiary/aromatic N) is 2. The molecule has 0 aliphatic carbocycles. The van der Waals surface area contributed by atoms with Gasteiger partial charge in [-0.1, -0.05) is 36.4 Å². The molecule has 6 heteroatoms. The lowest BCUT2D eigenvalue weighted by molar-refractivity contribution is 0.245. The fourth-order valence-electron chi connectivity index (χ4n) is 5.66. The Balaban J connectivity index is 1.23. The highest BCUT2D eigenvalue weighted by atomic mass is 19.1. The highest BCUT2D eigenvalue weighted by Gasteiger charge is 2.26. The maximum absolute atomic E-state index is 14.2. The van der Waals surface area contributed by atoms with Crippen LogP contribution < -0.4 is 15.0 Å². The Hall–Kier alpha value is -3.35. The number of hydrogen-bond acceptors (Lipinski definition) is 4. The minimum atomic E-state index is -0.147. The molecule has 1 atom stereocenters. The second-order valence-corrected chi connectivity index (χ2v) is 9.49. The van der Waals surface area contributed by atoms with Crippen molar-refractivity contribution < 1.29 is 9.13 Å². The molecule has 2 aliphatic heterocycles. The van der Waals surface area contributed by atoms with Crippen molar-refractivity contribution in [2.24, 2.45) is 0 Å². The summed E-state index contributed by atoms with van der Waals surface area (Å²) in [6.07, 6.45) is 1.03. The van der Waals surface area contributed by atoms with E-state index in [-0.39, 0.29) is 11.9 Å². The summed E-state index contributed by atoms with van der Waals surface area (Å²) in [4.78, 5) is 8.25. The van der Waals surface area contributed by atoms with Crippen LogP contribution in [0, 0.1) is 5.82 Å². The van der Waals surface area contributed by atoms with Crippen molar-refractivity contribution in [3.8, 4) is 5.75 Å². The predicted octanol–water partition coefficient (Wildman–Crippen LogP) is 4.87. The van der Waals surface area contributed by atoms with Crippen molar-refractivity contribution in [2.75, 3.05) is 44.7 Å². The van der Waals surface area contributed by atoms with Gasteiger partial charge in [0.1, 0.15) is 11.6 Å². The largest absolute Gasteiger partial charge is 0.496 e. The van der Waals surface area contributed by atoms with Gasteiger partial charge in [0.2, 0.25) is 0 Å². The average molecular weight is 471 g/mol. The van der Waals surface area contributed by atoms with Gasteiger partial charge in [-0.3, -0.25) is 4.90 Å². The Kier molecular flexibility index (Phi) is 5.92. The van der Waals surface area contributed by atoms with E-state index >= 15 is 0 Å². The molecular formula is C29H31FN4O. The number of hydrogen-bond donors (Lipinski definition) is 2. The highest BCUT2D eigenvalue weighted by Crippen LogP contribution is 2.35. The lowest BCUT2D eigenvalue weighted by Gasteiger charge is -2.36. The summed E-state index contributed by atoms with van der Waals surface area (Å²) in [5.41, 5.74) is 7.03. The van der Waals surface area contributed by atoms with Crippen molar-refractivity contribution in [2.45, 2.75) is 19.0 Å². The van der Waals surface area contributed by atoms with Gasteiger partial charge >= 0.3 is 0 Å². The quantitative estimate of drug-likeness (QED) is 0.437. The molecule has 6 rings (SSSR count). The number of ether oxygens (including phenoxy) is 1. The van der Waals surface area contributed by atoms with Crippen molar-refractivity contribution in [3.63, 3.8) is 0 Å². The fourth-order valence-corrected chi connectivity index (χ4v) is 5.66. The van der Waals surface area contributed by atoms with Gasteiger partial charge in [-0.2, -0.15) is 0 Å². The van der Waals surface area contributed by atoms with Crippen molar-refractivity contribution >= 4 is 16.6 Å². The molecule has 0 spiro atoms. The number of aromatic amines is 1. The lowest BCUT2D eigenvalue weighted by atomic mass is 9.93. The summed E-state index contributed by atoms with van der Waals surface area (Å²) >= 11 is 0. The van der Waals surface area contributed by atoms with Crippen LogP contribution in [0.1, 0.15) is 28.4 Å². The molecule has 3 heterocycles. The number of aromatic nitrogens is 1. The number of fused-ring (bicyclic) bond motifs is 3. The number of rotatable bonds is 5. The number of nitrogens with one attached hydrogen (secondary N) is 2. The van der Waals surface area contributed by atoms with Crippen LogP contribution in [0.4, 0.5) is 10.1 Å². The first-order valence-corrected chi connectivity index (χ1v) is 12.4. The molecule has 0 radical (unpaired) electrons. The van der Waals surface area contributed by atoms with Crippen molar-refractivity contribution in [3.05, 3.63) is 94.9 Å². The zero-order valence-corrected chi connectivity index (χ0v) is 20.1. The number of halogens is 1. The number of para-hydroxylation sites is 2. The Bertz CT molecular complexity index is 1340. The molecule has 0 amide bonds. The van der Waals surface area contributed by atoms with E-state index in [9.17, 15) is 4.39 Å². The molecular weight excluding hydrogens is 439 g/mol. The normalized spacial score (nSPS) is 18.6. The van der Waals surface area contributed by atoms with E-state index in [0.717, 1.165) is 51.4 Å². The Morgan fingerprint density at radius 1 is 0.971 bits per heavy atom. The average Bonchev–Trinajstić information content (AvgIpc) is 3.28. The summed E-state index contributed by atoms with van der Waals surface area (Å²) in [5.74, 6) is 0.768. The molecule has 5 nitrogen and oxygen atoms in total. The summed E-state index contributed by atoms with van der Waals surface area (Å²) in [6, 6.07) is 22.3. The van der Waals surface area contributed by atoms with Gasteiger partial charge in [-0.05, 0) is 47.9 Å². The van der Waals surface area contributed by atoms with E-state index < -0.39 is 0 Å². The topological polar surface area (TPSA) is 43.5 Å². The molecule has 4 aromatic rings. The van der Waals surface area contributed by atoms with Gasteiger partial charge in [0.25, 0.3) is 0 Å². The molecule has 0 bridgehead atoms. The summed E-state index contributed by atoms with van der Waals surface area (Å²) < 4.78 is 20.0. The molecule has 180 valence electrons. The van der Waals surface area contributed by atoms with Gasteiger partial charge in [-0.15, -0.1) is 0 Å². The predicted molar refractivity (Wildman–Crippen MR) is 139 cm³/mol. The van der Waals surface area contributed by atoms with E-state index in [4.69, 9.17) is 4.74 Å². The third-order valence-corrected chi connectivity index (χ3v) is 7.46. The summed E-state index contributed by atoms with van der Waals surface area (Å²) in [7, 11) is 1.74. The molecule has 1 saturated heterocycles. The molecule has 35 heavy (non-hydrogen) atoms. The van der Waals surface area contributed by atoms with E-state index in [1.807, 2.05) is 12.1 Å². The van der Waals surface area contributed by atoms with E-state index in [0.29, 0.717) is 5.69 Å². The monoisotopic (exact) mass is 470 g/mol. The van der Waals surface area contributed by atoms with E-state index in [1.54, 1.807) is 13.2 Å². The van der Waals surface area contributed by atoms with Crippen molar-refractivity contribution in [1.82, 2.24) is 15.2 Å². The number of methoxy groups -OCH3 is 1. The molecule has 0 unspecified atom stereocenters. The van der Waals surface area contributed by atoms with Crippen LogP contribution in [0.2, 0.25) is 0 Å². The molecule has 3 aromatic carbocycles. The van der Waals surface area contributed by atoms with Gasteiger partial charge in [0.15, 0.2) is 0 Å². The maximum atomic E-state index is 14.2. The zero-order chi connectivity index (χ0) is 23.8. The van der Waals surface area contributed by atoms with Gasteiger partial charge in [0.05, 0.1) is 18.8 Å². The minimum absolute atomic E-state index is 0.133. The van der Waals surface area contributed by atoms with Gasteiger partial charge < -0.3 is 19.9 Å². The molecule has 2 N–H and O–H groups in total. The highest BCUT2D eigenvalue weighted by molar-refractivity contribution is 5.85. The number of benzene rings is 3. The van der Waals surface area contributed by atoms with Crippen molar-refractivity contribution in [1.29, 1.82) is 0 Å². The van der Waals surface area contributed by atoms with Crippen LogP contribution in [0.25, 0.3) is 10.9 Å². The van der Waals surface area contributed by atoms with Crippen LogP contribution in [0.3, 0.4) is 0 Å². The first-order chi connectivity index (χ1) is 17.2. The Morgan fingerprint density at radius 3 is 2.60 bits per heavy atom. The SMILES string of the molecule is COc1ccc([C@@H]2NCCc3c2[nH]c2ccccc32)cc1CN1CCN(c2ccccc2F)CC1. The first-order valence-electron chi connectivity index (χ1n) is 12.4. The molecule has 0 saturated carbocycles. The van der Waals surface area contributed by atoms with E-state index in [2.05, 4.69) is 62.6 Å². The maximum Gasteiger partial charge on any atom is 0.146 e. The van der Waals surface area contributed by atoms with Gasteiger partial charge in [-0.25, -0.2) is 4.39 Å². The van der Waals surface area contributed by atoms with Crippen LogP contribution in [-0.4, -0.2) is 49.7 Å². The van der Waals surface area contributed by atoms with E-state index in [1.165, 1.54) is 39.4 Å². The standard InChI is InChI=1S/C29H31FN4O/c1-35-27-11-10-20(28-29-23(12-13-31-28)22-6-2-4-8-25(22)32-29)18-21(27)19-33-14-16-34(17-15-33)26-9-5-3-7-24(26)30/h2-11,18,28,31-32H,12-17,19H2,1H3/t28-/m0/s1. The summed E-state index contributed by atoms with van der Waals surface area (Å²) in [6.45, 7) is 5.16. The molecule has 2 aliphatic rings. The van der Waals surface area contributed by atoms with Crippen LogP contribution >= 0.6 is 0 Å². The molecule has 1 fully saturated rings. The van der Waals surface area contributed by atoms with Gasteiger partial charge in [0, 0.05) is 61.4 Å². The second kappa shape index (κ2) is 9.36. The Morgan fingerprint density at radius 2 is 1.77 bits per heavy atom. The second-order valence-electron chi connectivity index (χ2n) is 9.49. The zero-order valence-electron chi connectivity index (χ0n) is 20.1. The fraction of sp³-hybridized carbons (Fsp3) is 0.310. The van der Waals surface area contributed by atoms with Crippen LogP contribution in [0.15, 0.2) is 66.7 Å². The smallest absolute Gasteiger partial charge is 0.146 e. The third-order valence-electron chi connectivity index (χ3n) is 7.46. The third kappa shape index (κ3) is 4.17. The molecule has 1 aromatic heterocycles. The Labute approximate surface area is 205 Å². The minimum Gasteiger partial charge on any atom is -0.496 e. The van der Waals surface area contributed by atoms with Crippen LogP contribution in [0.5, 0.6) is 5.75 Å². The number of anilines is 1. The first kappa shape index (κ1) is 22.1. The van der Waals surface area contributed by atoms with Crippen LogP contribution in [-0.2, 0) is 13.0 Å². The number of piperazine rings is 1.